The third-order valence-corrected chi connectivity index (χ3v) is 1.59. The van der Waals surface area contributed by atoms with Gasteiger partial charge in [-0.1, -0.05) is 20.8 Å². The Morgan fingerprint density at radius 1 is 1.25 bits per heavy atom. The van der Waals surface area contributed by atoms with Gasteiger partial charge in [-0.2, -0.15) is 5.10 Å². The SMILES string of the molecule is Cc1nc(C)n(CC(C)(C)C)n1. The van der Waals surface area contributed by atoms with E-state index in [1.54, 1.807) is 0 Å². The standard InChI is InChI=1S/C9H17N3/c1-7-10-8(2)12(11-7)6-9(3,4)5/h6H2,1-5H3. The Morgan fingerprint density at radius 2 is 1.83 bits per heavy atom. The van der Waals surface area contributed by atoms with Gasteiger partial charge in [0.1, 0.15) is 11.6 Å². The van der Waals surface area contributed by atoms with E-state index >= 15 is 0 Å². The van der Waals surface area contributed by atoms with Crippen LogP contribution in [0.2, 0.25) is 0 Å². The molecule has 0 fully saturated rings. The molecule has 3 nitrogen and oxygen atoms in total. The molecule has 0 unspecified atom stereocenters. The van der Waals surface area contributed by atoms with Crippen LogP contribution < -0.4 is 0 Å². The van der Waals surface area contributed by atoms with Gasteiger partial charge >= 0.3 is 0 Å². The summed E-state index contributed by atoms with van der Waals surface area (Å²) in [6.45, 7) is 11.4. The van der Waals surface area contributed by atoms with Crippen LogP contribution in [0.5, 0.6) is 0 Å². The molecule has 3 heteroatoms. The molecule has 0 spiro atoms. The van der Waals surface area contributed by atoms with E-state index in [9.17, 15) is 0 Å². The van der Waals surface area contributed by atoms with Crippen LogP contribution in [0.3, 0.4) is 0 Å². The van der Waals surface area contributed by atoms with Gasteiger partial charge in [0.15, 0.2) is 0 Å². The topological polar surface area (TPSA) is 30.7 Å². The number of hydrogen-bond acceptors (Lipinski definition) is 2. The van der Waals surface area contributed by atoms with Gasteiger partial charge in [0, 0.05) is 6.54 Å². The summed E-state index contributed by atoms with van der Waals surface area (Å²) in [5.74, 6) is 1.86. The molecule has 1 aromatic rings. The van der Waals surface area contributed by atoms with Crippen molar-refractivity contribution in [3.63, 3.8) is 0 Å². The Bertz CT molecular complexity index is 268. The third-order valence-electron chi connectivity index (χ3n) is 1.59. The average molecular weight is 167 g/mol. The van der Waals surface area contributed by atoms with Crippen LogP contribution in [0.15, 0.2) is 0 Å². The Labute approximate surface area is 73.8 Å². The predicted molar refractivity (Wildman–Crippen MR) is 49.0 cm³/mol. The van der Waals surface area contributed by atoms with E-state index in [1.165, 1.54) is 0 Å². The monoisotopic (exact) mass is 167 g/mol. The molecule has 12 heavy (non-hydrogen) atoms. The third kappa shape index (κ3) is 2.32. The van der Waals surface area contributed by atoms with Crippen LogP contribution in [0, 0.1) is 19.3 Å². The number of rotatable bonds is 1. The van der Waals surface area contributed by atoms with Crippen LogP contribution in [-0.2, 0) is 6.54 Å². The van der Waals surface area contributed by atoms with Crippen molar-refractivity contribution in [2.75, 3.05) is 0 Å². The summed E-state index contributed by atoms with van der Waals surface area (Å²) < 4.78 is 1.97. The van der Waals surface area contributed by atoms with E-state index in [0.717, 1.165) is 18.2 Å². The first-order chi connectivity index (χ1) is 5.38. The van der Waals surface area contributed by atoms with Crippen molar-refractivity contribution in [2.24, 2.45) is 5.41 Å². The molecule has 0 N–H and O–H groups in total. The molecule has 0 radical (unpaired) electrons. The van der Waals surface area contributed by atoms with E-state index in [-0.39, 0.29) is 5.41 Å². The number of aryl methyl sites for hydroxylation is 2. The minimum absolute atomic E-state index is 0.269. The van der Waals surface area contributed by atoms with Crippen LogP contribution in [0.1, 0.15) is 32.4 Å². The summed E-state index contributed by atoms with van der Waals surface area (Å²) >= 11 is 0. The fourth-order valence-electron chi connectivity index (χ4n) is 1.16. The summed E-state index contributed by atoms with van der Waals surface area (Å²) in [5, 5.41) is 4.30. The van der Waals surface area contributed by atoms with E-state index in [0.29, 0.717) is 0 Å². The molecular weight excluding hydrogens is 150 g/mol. The van der Waals surface area contributed by atoms with Crippen molar-refractivity contribution in [3.05, 3.63) is 11.6 Å². The molecule has 68 valence electrons. The summed E-state index contributed by atoms with van der Waals surface area (Å²) in [6, 6.07) is 0. The highest BCUT2D eigenvalue weighted by Crippen LogP contribution is 2.16. The van der Waals surface area contributed by atoms with Crippen molar-refractivity contribution in [1.29, 1.82) is 0 Å². The lowest BCUT2D eigenvalue weighted by molar-refractivity contribution is 0.320. The number of hydrogen-bond donors (Lipinski definition) is 0. The van der Waals surface area contributed by atoms with Gasteiger partial charge in [-0.25, -0.2) is 9.67 Å². The molecule has 0 saturated carbocycles. The fourth-order valence-corrected chi connectivity index (χ4v) is 1.16. The lowest BCUT2D eigenvalue weighted by Gasteiger charge is -2.18. The molecule has 0 aliphatic rings. The zero-order chi connectivity index (χ0) is 9.35. The molecular formula is C9H17N3. The summed E-state index contributed by atoms with van der Waals surface area (Å²) in [4.78, 5) is 4.25. The predicted octanol–water partition coefficient (Wildman–Crippen LogP) is 1.94. The molecule has 0 aliphatic heterocycles. The lowest BCUT2D eigenvalue weighted by Crippen LogP contribution is -2.17. The van der Waals surface area contributed by atoms with Crippen molar-refractivity contribution in [2.45, 2.75) is 41.2 Å². The molecule has 0 aliphatic carbocycles. The first-order valence-corrected chi connectivity index (χ1v) is 4.26. The zero-order valence-electron chi connectivity index (χ0n) is 8.55. The minimum atomic E-state index is 0.269. The van der Waals surface area contributed by atoms with Crippen molar-refractivity contribution < 1.29 is 0 Å². The molecule has 0 aromatic carbocycles. The highest BCUT2D eigenvalue weighted by atomic mass is 15.3. The van der Waals surface area contributed by atoms with E-state index in [4.69, 9.17) is 0 Å². The van der Waals surface area contributed by atoms with Gasteiger partial charge in [0.2, 0.25) is 0 Å². The van der Waals surface area contributed by atoms with Crippen LogP contribution >= 0.6 is 0 Å². The van der Waals surface area contributed by atoms with Gasteiger partial charge in [-0.15, -0.1) is 0 Å². The maximum Gasteiger partial charge on any atom is 0.147 e. The highest BCUT2D eigenvalue weighted by molar-refractivity contribution is 4.88. The highest BCUT2D eigenvalue weighted by Gasteiger charge is 2.13. The molecule has 1 heterocycles. The zero-order valence-corrected chi connectivity index (χ0v) is 8.55. The second-order valence-corrected chi connectivity index (χ2v) is 4.42. The Kier molecular flexibility index (Phi) is 2.22. The van der Waals surface area contributed by atoms with Crippen molar-refractivity contribution >= 4 is 0 Å². The summed E-state index contributed by atoms with van der Waals surface area (Å²) in [5.41, 5.74) is 0.269. The maximum atomic E-state index is 4.30. The first kappa shape index (κ1) is 9.23. The van der Waals surface area contributed by atoms with E-state index in [2.05, 4.69) is 30.9 Å². The molecule has 0 atom stereocenters. The Balaban J connectivity index is 2.82. The molecule has 0 amide bonds. The van der Waals surface area contributed by atoms with Gasteiger partial charge in [0.25, 0.3) is 0 Å². The van der Waals surface area contributed by atoms with Crippen molar-refractivity contribution in [1.82, 2.24) is 14.8 Å². The van der Waals surface area contributed by atoms with Gasteiger partial charge in [-0.05, 0) is 19.3 Å². The quantitative estimate of drug-likeness (QED) is 0.640. The Hall–Kier alpha value is -0.860. The molecule has 0 bridgehead atoms. The lowest BCUT2D eigenvalue weighted by atomic mass is 9.97. The second kappa shape index (κ2) is 2.88. The van der Waals surface area contributed by atoms with Crippen molar-refractivity contribution in [3.8, 4) is 0 Å². The van der Waals surface area contributed by atoms with Crippen LogP contribution in [0.4, 0.5) is 0 Å². The summed E-state index contributed by atoms with van der Waals surface area (Å²) in [6.07, 6.45) is 0. The average Bonchev–Trinajstić information content (AvgIpc) is 2.06. The maximum absolute atomic E-state index is 4.30. The van der Waals surface area contributed by atoms with E-state index < -0.39 is 0 Å². The first-order valence-electron chi connectivity index (χ1n) is 4.26. The smallest absolute Gasteiger partial charge is 0.147 e. The molecule has 1 rings (SSSR count). The van der Waals surface area contributed by atoms with Crippen LogP contribution in [-0.4, -0.2) is 14.8 Å². The van der Waals surface area contributed by atoms with Gasteiger partial charge < -0.3 is 0 Å². The van der Waals surface area contributed by atoms with Crippen LogP contribution in [0.25, 0.3) is 0 Å². The fraction of sp³-hybridized carbons (Fsp3) is 0.778. The molecule has 1 aromatic heterocycles. The Morgan fingerprint density at radius 3 is 2.17 bits per heavy atom. The normalized spacial score (nSPS) is 12.1. The molecule has 0 saturated heterocycles. The van der Waals surface area contributed by atoms with Gasteiger partial charge in [0.05, 0.1) is 0 Å². The second-order valence-electron chi connectivity index (χ2n) is 4.42. The largest absolute Gasteiger partial charge is 0.250 e. The number of nitrogens with zero attached hydrogens (tertiary/aromatic N) is 3. The van der Waals surface area contributed by atoms with Gasteiger partial charge in [-0.3, -0.25) is 0 Å². The number of aromatic nitrogens is 3. The summed E-state index contributed by atoms with van der Waals surface area (Å²) in [7, 11) is 0. The minimum Gasteiger partial charge on any atom is -0.250 e. The van der Waals surface area contributed by atoms with E-state index in [1.807, 2.05) is 18.5 Å².